The van der Waals surface area contributed by atoms with Crippen molar-refractivity contribution in [2.24, 2.45) is 0 Å². The van der Waals surface area contributed by atoms with Gasteiger partial charge in [-0.3, -0.25) is 0 Å². The summed E-state index contributed by atoms with van der Waals surface area (Å²) in [4.78, 5) is 0. The van der Waals surface area contributed by atoms with Gasteiger partial charge in [-0.1, -0.05) is 90.5 Å². The van der Waals surface area contributed by atoms with Crippen LogP contribution in [-0.4, -0.2) is 8.75 Å². The molecule has 0 unspecified atom stereocenters. The van der Waals surface area contributed by atoms with E-state index in [1.807, 2.05) is 0 Å². The minimum absolute atomic E-state index is 1.00. The van der Waals surface area contributed by atoms with Gasteiger partial charge in [-0.05, 0) is 94.8 Å². The van der Waals surface area contributed by atoms with Gasteiger partial charge in [0.05, 0.1) is 11.7 Å². The van der Waals surface area contributed by atoms with E-state index in [1.165, 1.54) is 79.8 Å². The molecule has 0 fully saturated rings. The standard InChI is InChI=1S/C34H28N2S/c1-21-11-14-24(15-12-21)31-27-7-3-5-9-29(27)32(30-10-6-4-8-28(30)31)25-18-16-23(17-19-25)26-20-13-22(2)33-34(26)36-37-35-33/h3,5,7,9,11-20H,4,6,8,10H2,1-2H3. The lowest BCUT2D eigenvalue weighted by molar-refractivity contribution is 0.689. The summed E-state index contributed by atoms with van der Waals surface area (Å²) in [7, 11) is 0. The number of nitrogens with zero attached hydrogens (tertiary/aromatic N) is 2. The highest BCUT2D eigenvalue weighted by molar-refractivity contribution is 7.00. The van der Waals surface area contributed by atoms with Crippen molar-refractivity contribution >= 4 is 33.5 Å². The second-order valence-electron chi connectivity index (χ2n) is 10.3. The Labute approximate surface area is 222 Å². The van der Waals surface area contributed by atoms with Crippen molar-refractivity contribution in [1.82, 2.24) is 8.75 Å². The zero-order valence-corrected chi connectivity index (χ0v) is 22.0. The van der Waals surface area contributed by atoms with Gasteiger partial charge in [-0.15, -0.1) is 0 Å². The first-order valence-corrected chi connectivity index (χ1v) is 13.9. The van der Waals surface area contributed by atoms with Crippen LogP contribution in [0.3, 0.4) is 0 Å². The van der Waals surface area contributed by atoms with Crippen molar-refractivity contribution in [2.45, 2.75) is 39.5 Å². The van der Waals surface area contributed by atoms with Crippen LogP contribution in [0.2, 0.25) is 0 Å². The largest absolute Gasteiger partial charge is 0.173 e. The maximum atomic E-state index is 4.61. The Morgan fingerprint density at radius 3 is 1.73 bits per heavy atom. The van der Waals surface area contributed by atoms with Crippen molar-refractivity contribution in [1.29, 1.82) is 0 Å². The summed E-state index contributed by atoms with van der Waals surface area (Å²) in [5.41, 5.74) is 15.4. The van der Waals surface area contributed by atoms with Crippen LogP contribution in [0.25, 0.3) is 55.2 Å². The van der Waals surface area contributed by atoms with Crippen molar-refractivity contribution in [3.05, 3.63) is 107 Å². The number of rotatable bonds is 3. The molecule has 3 heteroatoms. The van der Waals surface area contributed by atoms with E-state index < -0.39 is 0 Å². The zero-order chi connectivity index (χ0) is 24.9. The molecule has 0 saturated heterocycles. The van der Waals surface area contributed by atoms with E-state index >= 15 is 0 Å². The Kier molecular flexibility index (Phi) is 5.40. The van der Waals surface area contributed by atoms with Crippen LogP contribution < -0.4 is 0 Å². The zero-order valence-electron chi connectivity index (χ0n) is 21.2. The molecule has 1 aliphatic rings. The molecule has 0 saturated carbocycles. The summed E-state index contributed by atoms with van der Waals surface area (Å²) in [6, 6.07) is 31.6. The van der Waals surface area contributed by atoms with E-state index in [1.54, 1.807) is 5.56 Å². The molecule has 1 heterocycles. The quantitative estimate of drug-likeness (QED) is 0.244. The second-order valence-corrected chi connectivity index (χ2v) is 10.8. The first-order valence-electron chi connectivity index (χ1n) is 13.2. The number of aromatic nitrogens is 2. The van der Waals surface area contributed by atoms with Crippen molar-refractivity contribution < 1.29 is 0 Å². The summed E-state index contributed by atoms with van der Waals surface area (Å²) < 4.78 is 9.13. The molecule has 0 amide bonds. The van der Waals surface area contributed by atoms with Gasteiger partial charge in [0.25, 0.3) is 0 Å². The topological polar surface area (TPSA) is 25.8 Å². The summed E-state index contributed by atoms with van der Waals surface area (Å²) in [5, 5.41) is 2.72. The van der Waals surface area contributed by atoms with Gasteiger partial charge in [0.15, 0.2) is 0 Å². The summed E-state index contributed by atoms with van der Waals surface area (Å²) in [5.74, 6) is 0. The number of benzene rings is 5. The molecule has 0 N–H and O–H groups in total. The fraction of sp³-hybridized carbons (Fsp3) is 0.176. The smallest absolute Gasteiger partial charge is 0.112 e. The van der Waals surface area contributed by atoms with Gasteiger partial charge >= 0.3 is 0 Å². The van der Waals surface area contributed by atoms with Gasteiger partial charge in [0, 0.05) is 5.56 Å². The number of fused-ring (bicyclic) bond motifs is 3. The lowest BCUT2D eigenvalue weighted by Gasteiger charge is -2.26. The Morgan fingerprint density at radius 1 is 0.568 bits per heavy atom. The van der Waals surface area contributed by atoms with Gasteiger partial charge in [-0.25, -0.2) is 0 Å². The summed E-state index contributed by atoms with van der Waals surface area (Å²) in [6.45, 7) is 4.27. The molecule has 6 aromatic rings. The Bertz CT molecular complexity index is 1780. The van der Waals surface area contributed by atoms with E-state index in [0.29, 0.717) is 0 Å². The molecule has 0 spiro atoms. The third-order valence-electron chi connectivity index (χ3n) is 7.98. The fourth-order valence-corrected chi connectivity index (χ4v) is 6.74. The van der Waals surface area contributed by atoms with Gasteiger partial charge in [-0.2, -0.15) is 8.75 Å². The molecule has 37 heavy (non-hydrogen) atoms. The van der Waals surface area contributed by atoms with Gasteiger partial charge in [0.1, 0.15) is 11.0 Å². The number of hydrogen-bond acceptors (Lipinski definition) is 3. The Morgan fingerprint density at radius 2 is 1.11 bits per heavy atom. The van der Waals surface area contributed by atoms with Gasteiger partial charge < -0.3 is 0 Å². The van der Waals surface area contributed by atoms with E-state index in [4.69, 9.17) is 0 Å². The Hall–Kier alpha value is -3.82. The minimum Gasteiger partial charge on any atom is -0.173 e. The van der Waals surface area contributed by atoms with Crippen LogP contribution in [0, 0.1) is 13.8 Å². The molecular formula is C34H28N2S. The molecule has 7 rings (SSSR count). The number of aryl methyl sites for hydroxylation is 2. The van der Waals surface area contributed by atoms with E-state index in [0.717, 1.165) is 29.4 Å². The maximum absolute atomic E-state index is 4.61. The van der Waals surface area contributed by atoms with E-state index in [-0.39, 0.29) is 0 Å². The van der Waals surface area contributed by atoms with Crippen molar-refractivity contribution in [3.8, 4) is 33.4 Å². The van der Waals surface area contributed by atoms with E-state index in [9.17, 15) is 0 Å². The lowest BCUT2D eigenvalue weighted by atomic mass is 9.78. The highest BCUT2D eigenvalue weighted by atomic mass is 32.1. The molecule has 0 aliphatic heterocycles. The molecule has 0 bridgehead atoms. The predicted octanol–water partition coefficient (Wildman–Crippen LogP) is 9.34. The molecule has 0 radical (unpaired) electrons. The first kappa shape index (κ1) is 22.4. The van der Waals surface area contributed by atoms with Crippen molar-refractivity contribution in [3.63, 3.8) is 0 Å². The second kappa shape index (κ2) is 8.93. The van der Waals surface area contributed by atoms with Crippen LogP contribution >= 0.6 is 11.7 Å². The molecule has 5 aromatic carbocycles. The minimum atomic E-state index is 1.00. The third kappa shape index (κ3) is 3.69. The predicted molar refractivity (Wildman–Crippen MR) is 157 cm³/mol. The molecule has 1 aliphatic carbocycles. The molecular weight excluding hydrogens is 468 g/mol. The highest BCUT2D eigenvalue weighted by Crippen LogP contribution is 2.45. The highest BCUT2D eigenvalue weighted by Gasteiger charge is 2.23. The first-order chi connectivity index (χ1) is 18.2. The third-order valence-corrected chi connectivity index (χ3v) is 8.51. The SMILES string of the molecule is Cc1ccc(-c2c3c(c(-c4ccc(-c5ccc(C)c6nsnc56)cc4)c4ccccc24)CCCC3)cc1. The molecule has 1 aromatic heterocycles. The van der Waals surface area contributed by atoms with Gasteiger partial charge in [0.2, 0.25) is 0 Å². The van der Waals surface area contributed by atoms with Crippen molar-refractivity contribution in [2.75, 3.05) is 0 Å². The van der Waals surface area contributed by atoms with Crippen LogP contribution in [0.5, 0.6) is 0 Å². The maximum Gasteiger partial charge on any atom is 0.112 e. The normalized spacial score (nSPS) is 13.2. The van der Waals surface area contributed by atoms with Crippen LogP contribution in [0.15, 0.2) is 84.9 Å². The number of hydrogen-bond donors (Lipinski definition) is 0. The fourth-order valence-electron chi connectivity index (χ4n) is 6.12. The van der Waals surface area contributed by atoms with Crippen LogP contribution in [-0.2, 0) is 12.8 Å². The van der Waals surface area contributed by atoms with Crippen LogP contribution in [0.1, 0.15) is 35.1 Å². The average molecular weight is 497 g/mol. The molecule has 2 nitrogen and oxygen atoms in total. The lowest BCUT2D eigenvalue weighted by Crippen LogP contribution is -2.08. The Balaban J connectivity index is 1.43. The monoisotopic (exact) mass is 496 g/mol. The van der Waals surface area contributed by atoms with Crippen LogP contribution in [0.4, 0.5) is 0 Å². The summed E-state index contributed by atoms with van der Waals surface area (Å²) in [6.07, 6.45) is 4.79. The average Bonchev–Trinajstić information content (AvgIpc) is 3.44. The summed E-state index contributed by atoms with van der Waals surface area (Å²) >= 11 is 1.29. The van der Waals surface area contributed by atoms with E-state index in [2.05, 4.69) is 108 Å². The molecule has 0 atom stereocenters. The molecule has 180 valence electrons.